The van der Waals surface area contributed by atoms with E-state index in [-0.39, 0.29) is 11.1 Å². The molecule has 0 spiro atoms. The number of hydrogen-bond donors (Lipinski definition) is 1. The van der Waals surface area contributed by atoms with Gasteiger partial charge in [0.2, 0.25) is 0 Å². The maximum Gasteiger partial charge on any atom is 0.412 e. The number of nitrogens with zero attached hydrogens (tertiary/aromatic N) is 1. The summed E-state index contributed by atoms with van der Waals surface area (Å²) < 4.78 is 11.7. The summed E-state index contributed by atoms with van der Waals surface area (Å²) in [4.78, 5) is 13.7. The van der Waals surface area contributed by atoms with Crippen LogP contribution in [0.15, 0.2) is 0 Å². The molecule has 0 aromatic heterocycles. The van der Waals surface area contributed by atoms with Crippen LogP contribution in [-0.2, 0) is 9.16 Å². The molecular weight excluding hydrogens is 298 g/mol. The van der Waals surface area contributed by atoms with Crippen LogP contribution in [0.3, 0.4) is 0 Å². The van der Waals surface area contributed by atoms with Gasteiger partial charge in [-0.3, -0.25) is 4.90 Å². The van der Waals surface area contributed by atoms with E-state index in [2.05, 4.69) is 33.9 Å². The Balaban J connectivity index is 2.81. The molecule has 1 heterocycles. The van der Waals surface area contributed by atoms with Gasteiger partial charge in [0.1, 0.15) is 11.3 Å². The van der Waals surface area contributed by atoms with Crippen LogP contribution in [0, 0.1) is 0 Å². The lowest BCUT2D eigenvalue weighted by molar-refractivity contribution is -0.0714. The lowest BCUT2D eigenvalue weighted by Crippen LogP contribution is -2.47. The summed E-state index contributed by atoms with van der Waals surface area (Å²) >= 11 is 0. The van der Waals surface area contributed by atoms with Crippen molar-refractivity contribution in [1.82, 2.24) is 4.90 Å². The Labute approximate surface area is 136 Å². The van der Waals surface area contributed by atoms with Gasteiger partial charge in [-0.05, 0) is 45.8 Å². The Bertz CT molecular complexity index is 421. The van der Waals surface area contributed by atoms with Crippen molar-refractivity contribution in [3.63, 3.8) is 0 Å². The highest BCUT2D eigenvalue weighted by Crippen LogP contribution is 2.40. The molecule has 22 heavy (non-hydrogen) atoms. The van der Waals surface area contributed by atoms with Gasteiger partial charge < -0.3 is 14.3 Å². The molecule has 1 amide bonds. The summed E-state index contributed by atoms with van der Waals surface area (Å²) in [6, 6.07) is 0. The van der Waals surface area contributed by atoms with Gasteiger partial charge in [0.25, 0.3) is 0 Å². The summed E-state index contributed by atoms with van der Waals surface area (Å²) in [7, 11) is -1.93. The molecule has 1 rings (SSSR count). The summed E-state index contributed by atoms with van der Waals surface area (Å²) in [5.41, 5.74) is -1.80. The van der Waals surface area contributed by atoms with Crippen molar-refractivity contribution in [2.75, 3.05) is 6.54 Å². The lowest BCUT2D eigenvalue weighted by atomic mass is 10.2. The van der Waals surface area contributed by atoms with Crippen molar-refractivity contribution in [3.05, 3.63) is 0 Å². The standard InChI is InChI=1S/C16H33NO4Si/c1-14(2,3)20-13(18)17-11-12(10-16(17,7)19)21-22(8,9)15(4,5)6/h12,19H,10-11H2,1-9H3/t12-,16+/m1/s1. The molecule has 1 aliphatic heterocycles. The molecule has 0 bridgehead atoms. The van der Waals surface area contributed by atoms with Crippen LogP contribution < -0.4 is 0 Å². The van der Waals surface area contributed by atoms with Crippen molar-refractivity contribution in [2.24, 2.45) is 0 Å². The third kappa shape index (κ3) is 4.70. The van der Waals surface area contributed by atoms with Crippen LogP contribution >= 0.6 is 0 Å². The van der Waals surface area contributed by atoms with E-state index in [0.29, 0.717) is 13.0 Å². The van der Waals surface area contributed by atoms with E-state index in [1.165, 1.54) is 4.90 Å². The zero-order chi connectivity index (χ0) is 17.6. The molecule has 0 saturated carbocycles. The number of likely N-dealkylation sites (tertiary alicyclic amines) is 1. The average Bonchev–Trinajstić information content (AvgIpc) is 2.47. The fourth-order valence-electron chi connectivity index (χ4n) is 2.27. The van der Waals surface area contributed by atoms with E-state index in [0.717, 1.165) is 0 Å². The Kier molecular flexibility index (Phi) is 5.13. The second-order valence-corrected chi connectivity index (χ2v) is 13.8. The highest BCUT2D eigenvalue weighted by molar-refractivity contribution is 6.74. The molecule has 0 unspecified atom stereocenters. The van der Waals surface area contributed by atoms with Crippen molar-refractivity contribution >= 4 is 14.4 Å². The molecule has 0 aromatic rings. The van der Waals surface area contributed by atoms with Crippen molar-refractivity contribution in [2.45, 2.75) is 90.4 Å². The molecule has 6 heteroatoms. The first-order valence-corrected chi connectivity index (χ1v) is 10.9. The highest BCUT2D eigenvalue weighted by Gasteiger charge is 2.48. The van der Waals surface area contributed by atoms with E-state index >= 15 is 0 Å². The SMILES string of the molecule is CC(C)(C)OC(=O)N1C[C@H](O[Si](C)(C)C(C)(C)C)C[C@]1(C)O. The van der Waals surface area contributed by atoms with Gasteiger partial charge in [-0.1, -0.05) is 20.8 Å². The van der Waals surface area contributed by atoms with Gasteiger partial charge in [0.15, 0.2) is 8.32 Å². The summed E-state index contributed by atoms with van der Waals surface area (Å²) in [6.45, 7) is 18.4. The topological polar surface area (TPSA) is 59.0 Å². The first kappa shape index (κ1) is 19.5. The van der Waals surface area contributed by atoms with Crippen LogP contribution in [0.25, 0.3) is 0 Å². The van der Waals surface area contributed by atoms with Gasteiger partial charge in [-0.15, -0.1) is 0 Å². The molecular formula is C16H33NO4Si. The van der Waals surface area contributed by atoms with Crippen molar-refractivity contribution in [1.29, 1.82) is 0 Å². The molecule has 1 fully saturated rings. The maximum absolute atomic E-state index is 12.3. The molecule has 130 valence electrons. The number of aliphatic hydroxyl groups is 1. The first-order chi connectivity index (χ1) is 9.55. The minimum Gasteiger partial charge on any atom is -0.444 e. The molecule has 0 aromatic carbocycles. The summed E-state index contributed by atoms with van der Waals surface area (Å²) in [6.07, 6.45) is -0.221. The number of amides is 1. The summed E-state index contributed by atoms with van der Waals surface area (Å²) in [5.74, 6) is 0. The van der Waals surface area contributed by atoms with Crippen LogP contribution in [0.2, 0.25) is 18.1 Å². The third-order valence-corrected chi connectivity index (χ3v) is 9.00. The molecule has 0 radical (unpaired) electrons. The van der Waals surface area contributed by atoms with Crippen molar-refractivity contribution < 1.29 is 19.1 Å². The lowest BCUT2D eigenvalue weighted by Gasteiger charge is -2.38. The minimum absolute atomic E-state index is 0.0954. The predicted octanol–water partition coefficient (Wildman–Crippen LogP) is 3.73. The zero-order valence-corrected chi connectivity index (χ0v) is 16.6. The largest absolute Gasteiger partial charge is 0.444 e. The van der Waals surface area contributed by atoms with E-state index in [9.17, 15) is 9.90 Å². The number of hydrogen-bond acceptors (Lipinski definition) is 4. The Hall–Kier alpha value is -0.593. The number of rotatable bonds is 2. The molecule has 1 aliphatic rings. The second-order valence-electron chi connectivity index (χ2n) is 9.01. The smallest absolute Gasteiger partial charge is 0.412 e. The molecule has 0 aliphatic carbocycles. The molecule has 2 atom stereocenters. The van der Waals surface area contributed by atoms with Gasteiger partial charge in [-0.25, -0.2) is 4.79 Å². The first-order valence-electron chi connectivity index (χ1n) is 7.96. The minimum atomic E-state index is -1.93. The normalized spacial score (nSPS) is 27.2. The molecule has 1 N–H and O–H groups in total. The van der Waals surface area contributed by atoms with Crippen LogP contribution in [0.4, 0.5) is 4.79 Å². The predicted molar refractivity (Wildman–Crippen MR) is 90.3 cm³/mol. The van der Waals surface area contributed by atoms with Crippen LogP contribution in [0.5, 0.6) is 0 Å². The second kappa shape index (κ2) is 5.80. The Morgan fingerprint density at radius 1 is 1.23 bits per heavy atom. The van der Waals surface area contributed by atoms with Gasteiger partial charge in [-0.2, -0.15) is 0 Å². The molecule has 5 nitrogen and oxygen atoms in total. The van der Waals surface area contributed by atoms with Crippen LogP contribution in [0.1, 0.15) is 54.9 Å². The van der Waals surface area contributed by atoms with E-state index < -0.39 is 25.7 Å². The molecule has 1 saturated heterocycles. The van der Waals surface area contributed by atoms with Crippen molar-refractivity contribution in [3.8, 4) is 0 Å². The van der Waals surface area contributed by atoms with E-state index in [4.69, 9.17) is 9.16 Å². The van der Waals surface area contributed by atoms with E-state index in [1.807, 2.05) is 20.8 Å². The fraction of sp³-hybridized carbons (Fsp3) is 0.938. The number of carbonyl (C=O) groups excluding carboxylic acids is 1. The number of ether oxygens (including phenoxy) is 1. The Morgan fingerprint density at radius 2 is 1.73 bits per heavy atom. The maximum atomic E-state index is 12.3. The monoisotopic (exact) mass is 331 g/mol. The summed E-state index contributed by atoms with van der Waals surface area (Å²) in [5, 5.41) is 10.6. The highest BCUT2D eigenvalue weighted by atomic mass is 28.4. The van der Waals surface area contributed by atoms with Gasteiger partial charge in [0, 0.05) is 6.42 Å². The third-order valence-electron chi connectivity index (χ3n) is 4.46. The fourth-order valence-corrected chi connectivity index (χ4v) is 3.61. The van der Waals surface area contributed by atoms with Gasteiger partial charge >= 0.3 is 6.09 Å². The quantitative estimate of drug-likeness (QED) is 0.783. The zero-order valence-electron chi connectivity index (χ0n) is 15.6. The Morgan fingerprint density at radius 3 is 2.14 bits per heavy atom. The average molecular weight is 332 g/mol. The number of carbonyl (C=O) groups is 1. The van der Waals surface area contributed by atoms with Gasteiger partial charge in [0.05, 0.1) is 12.6 Å². The van der Waals surface area contributed by atoms with E-state index in [1.54, 1.807) is 6.92 Å². The van der Waals surface area contributed by atoms with Crippen LogP contribution in [-0.4, -0.2) is 48.4 Å².